The van der Waals surface area contributed by atoms with Crippen molar-refractivity contribution < 1.29 is 18.9 Å². The summed E-state index contributed by atoms with van der Waals surface area (Å²) in [7, 11) is 6.16. The lowest BCUT2D eigenvalue weighted by Gasteiger charge is -2.44. The number of alkyl halides is 2. The summed E-state index contributed by atoms with van der Waals surface area (Å²) in [5.41, 5.74) is 0. The minimum absolute atomic E-state index is 0.230. The maximum absolute atomic E-state index is 7.05. The second-order valence-corrected chi connectivity index (χ2v) is 7.86. The summed E-state index contributed by atoms with van der Waals surface area (Å²) in [6.07, 6.45) is 3.14. The van der Waals surface area contributed by atoms with E-state index in [1.165, 1.54) is 14.2 Å². The van der Waals surface area contributed by atoms with E-state index >= 15 is 0 Å². The van der Waals surface area contributed by atoms with Gasteiger partial charge in [-0.15, -0.1) is 23.2 Å². The molecule has 0 N–H and O–H groups in total. The molecule has 23 heavy (non-hydrogen) atoms. The molecule has 2 bridgehead atoms. The van der Waals surface area contributed by atoms with Crippen LogP contribution in [-0.4, -0.2) is 56.2 Å². The molecule has 3 rings (SSSR count). The molecule has 1 saturated carbocycles. The zero-order valence-corrected chi connectivity index (χ0v) is 16.1. The Bertz CT molecular complexity index is 532. The van der Waals surface area contributed by atoms with E-state index in [9.17, 15) is 0 Å². The summed E-state index contributed by atoms with van der Waals surface area (Å²) in [6, 6.07) is 0. The molecular weight excluding hydrogens is 386 g/mol. The minimum atomic E-state index is -1.44. The van der Waals surface area contributed by atoms with Gasteiger partial charge in [0.05, 0.1) is 22.3 Å². The summed E-state index contributed by atoms with van der Waals surface area (Å²) < 4.78 is 22.7. The third kappa shape index (κ3) is 1.75. The molecule has 0 unspecified atom stereocenters. The molecule has 6 atom stereocenters. The van der Waals surface area contributed by atoms with Gasteiger partial charge in [0, 0.05) is 40.3 Å². The van der Waals surface area contributed by atoms with Crippen LogP contribution in [0.5, 0.6) is 0 Å². The number of fused-ring (bicyclic) bond motifs is 5. The van der Waals surface area contributed by atoms with E-state index in [2.05, 4.69) is 0 Å². The first kappa shape index (κ1) is 18.3. The molecule has 0 aromatic rings. The molecule has 4 nitrogen and oxygen atoms in total. The molecule has 0 saturated heterocycles. The number of hydrogen-bond acceptors (Lipinski definition) is 4. The van der Waals surface area contributed by atoms with Crippen molar-refractivity contribution in [3.63, 3.8) is 0 Å². The Hall–Kier alpha value is 0.480. The first-order valence-electron chi connectivity index (χ1n) is 7.10. The van der Waals surface area contributed by atoms with E-state index in [1.54, 1.807) is 14.2 Å². The molecule has 130 valence electrons. The molecule has 0 radical (unpaired) electrons. The van der Waals surface area contributed by atoms with Crippen molar-refractivity contribution in [3.05, 3.63) is 22.2 Å². The van der Waals surface area contributed by atoms with Crippen molar-refractivity contribution in [2.75, 3.05) is 28.4 Å². The van der Waals surface area contributed by atoms with Gasteiger partial charge in [-0.25, -0.2) is 0 Å². The fourth-order valence-electron chi connectivity index (χ4n) is 4.55. The third-order valence-electron chi connectivity index (χ3n) is 5.41. The third-order valence-corrected chi connectivity index (χ3v) is 8.06. The maximum Gasteiger partial charge on any atom is 0.217 e. The summed E-state index contributed by atoms with van der Waals surface area (Å²) in [4.78, 5) is -2.58. The van der Waals surface area contributed by atoms with E-state index < -0.39 is 15.5 Å². The zero-order chi connectivity index (χ0) is 17.2. The van der Waals surface area contributed by atoms with Crippen LogP contribution in [0.25, 0.3) is 0 Å². The Labute approximate surface area is 155 Å². The highest BCUT2D eigenvalue weighted by Crippen LogP contribution is 2.75. The number of rotatable bonds is 4. The molecule has 1 fully saturated rings. The second kappa shape index (κ2) is 5.75. The molecule has 0 amide bonds. The van der Waals surface area contributed by atoms with Crippen LogP contribution in [0.4, 0.5) is 0 Å². The average molecular weight is 404 g/mol. The largest absolute Gasteiger partial charge is 0.377 e. The van der Waals surface area contributed by atoms with Crippen LogP contribution in [0.15, 0.2) is 22.2 Å². The number of methoxy groups -OCH3 is 4. The minimum Gasteiger partial charge on any atom is -0.377 e. The molecule has 8 heteroatoms. The number of halogens is 4. The van der Waals surface area contributed by atoms with Crippen molar-refractivity contribution in [1.29, 1.82) is 0 Å². The first-order chi connectivity index (χ1) is 10.8. The maximum atomic E-state index is 7.05. The Morgan fingerprint density at radius 1 is 0.783 bits per heavy atom. The van der Waals surface area contributed by atoms with Gasteiger partial charge in [0.1, 0.15) is 9.75 Å². The molecule has 0 aromatic carbocycles. The second-order valence-electron chi connectivity index (χ2n) is 5.91. The molecule has 0 aromatic heterocycles. The van der Waals surface area contributed by atoms with Crippen LogP contribution in [-0.2, 0) is 18.9 Å². The predicted octanol–water partition coefficient (Wildman–Crippen LogP) is 3.48. The van der Waals surface area contributed by atoms with E-state index in [4.69, 9.17) is 65.4 Å². The van der Waals surface area contributed by atoms with Gasteiger partial charge in [0.25, 0.3) is 0 Å². The Kier molecular flexibility index (Phi) is 4.57. The first-order valence-corrected chi connectivity index (χ1v) is 8.61. The van der Waals surface area contributed by atoms with E-state index in [1.807, 2.05) is 12.2 Å². The number of ether oxygens (including phenoxy) is 4. The monoisotopic (exact) mass is 402 g/mol. The van der Waals surface area contributed by atoms with Crippen molar-refractivity contribution in [2.24, 2.45) is 11.8 Å². The van der Waals surface area contributed by atoms with Crippen molar-refractivity contribution in [2.45, 2.75) is 27.7 Å². The Morgan fingerprint density at radius 2 is 1.13 bits per heavy atom. The van der Waals surface area contributed by atoms with Crippen molar-refractivity contribution >= 4 is 46.4 Å². The highest BCUT2D eigenvalue weighted by Gasteiger charge is 2.86. The molecule has 0 heterocycles. The van der Waals surface area contributed by atoms with Gasteiger partial charge in [-0.2, -0.15) is 0 Å². The summed E-state index contributed by atoms with van der Waals surface area (Å²) in [6.45, 7) is 0. The summed E-state index contributed by atoms with van der Waals surface area (Å²) in [5, 5.41) is 0.459. The fourth-order valence-corrected chi connectivity index (χ4v) is 6.81. The summed E-state index contributed by atoms with van der Waals surface area (Å²) >= 11 is 27.1. The van der Waals surface area contributed by atoms with Crippen LogP contribution in [0.1, 0.15) is 0 Å². The highest BCUT2D eigenvalue weighted by atomic mass is 35.5. The van der Waals surface area contributed by atoms with Gasteiger partial charge < -0.3 is 18.9 Å². The van der Waals surface area contributed by atoms with Crippen LogP contribution in [0, 0.1) is 11.8 Å². The fraction of sp³-hybridized carbons (Fsp3) is 0.733. The topological polar surface area (TPSA) is 36.9 Å². The molecular formula is C15H18Cl4O4. The smallest absolute Gasteiger partial charge is 0.217 e. The zero-order valence-electron chi connectivity index (χ0n) is 13.1. The predicted molar refractivity (Wildman–Crippen MR) is 90.4 cm³/mol. The van der Waals surface area contributed by atoms with E-state index in [0.29, 0.717) is 0 Å². The Balaban J connectivity index is 2.32. The van der Waals surface area contributed by atoms with Gasteiger partial charge in [-0.3, -0.25) is 0 Å². The SMILES string of the molecule is CO[C@H]1C=C[C@@H](OC)[C@H]2[C@@H]1[C@@]1(Cl)C(Cl)=C(Cl)[C@]2(Cl)C1(OC)OC. The van der Waals surface area contributed by atoms with Crippen LogP contribution in [0.3, 0.4) is 0 Å². The Morgan fingerprint density at radius 3 is 1.39 bits per heavy atom. The van der Waals surface area contributed by atoms with Crippen LogP contribution >= 0.6 is 46.4 Å². The summed E-state index contributed by atoms with van der Waals surface area (Å²) in [5.74, 6) is -2.11. The van der Waals surface area contributed by atoms with Crippen LogP contribution < -0.4 is 0 Å². The molecule has 0 aliphatic heterocycles. The quantitative estimate of drug-likeness (QED) is 0.409. The normalized spacial score (nSPS) is 47.3. The van der Waals surface area contributed by atoms with Gasteiger partial charge in [0.15, 0.2) is 0 Å². The molecule has 3 aliphatic carbocycles. The standard InChI is InChI=1S/C15H18Cl4O4/c1-20-7-5-6-8(21-2)10-9(7)13(18)11(16)12(17)14(10,19)15(13,22-3)23-4/h5-10H,1-4H3/t7-,8+,9+,10-,13+,14-. The van der Waals surface area contributed by atoms with Gasteiger partial charge >= 0.3 is 0 Å². The van der Waals surface area contributed by atoms with Crippen molar-refractivity contribution in [3.8, 4) is 0 Å². The van der Waals surface area contributed by atoms with E-state index in [-0.39, 0.29) is 34.1 Å². The molecule has 0 spiro atoms. The highest BCUT2D eigenvalue weighted by molar-refractivity contribution is 6.52. The lowest BCUT2D eigenvalue weighted by molar-refractivity contribution is -0.222. The van der Waals surface area contributed by atoms with Gasteiger partial charge in [-0.1, -0.05) is 35.4 Å². The number of hydrogen-bond donors (Lipinski definition) is 0. The lowest BCUT2D eigenvalue weighted by atomic mass is 9.72. The van der Waals surface area contributed by atoms with Gasteiger partial charge in [0.2, 0.25) is 5.79 Å². The lowest BCUT2D eigenvalue weighted by Crippen LogP contribution is -2.58. The van der Waals surface area contributed by atoms with E-state index in [0.717, 1.165) is 0 Å². The van der Waals surface area contributed by atoms with Gasteiger partial charge in [-0.05, 0) is 0 Å². The van der Waals surface area contributed by atoms with Crippen molar-refractivity contribution in [1.82, 2.24) is 0 Å². The average Bonchev–Trinajstić information content (AvgIpc) is 2.83. The molecule has 3 aliphatic rings. The van der Waals surface area contributed by atoms with Crippen LogP contribution in [0.2, 0.25) is 0 Å².